The summed E-state index contributed by atoms with van der Waals surface area (Å²) in [6, 6.07) is 11.4. The van der Waals surface area contributed by atoms with Gasteiger partial charge in [0.25, 0.3) is 0 Å². The van der Waals surface area contributed by atoms with Gasteiger partial charge in [-0.15, -0.1) is 0 Å². The molecule has 0 saturated heterocycles. The van der Waals surface area contributed by atoms with Crippen molar-refractivity contribution < 1.29 is 19.5 Å². The first kappa shape index (κ1) is 22.0. The summed E-state index contributed by atoms with van der Waals surface area (Å²) in [5, 5.41) is 24.3. The molecule has 2 aromatic heterocycles. The van der Waals surface area contributed by atoms with E-state index in [9.17, 15) is 15.1 Å². The number of halogens is 1. The van der Waals surface area contributed by atoms with Gasteiger partial charge in [-0.25, -0.2) is 18.9 Å². The molecule has 0 aliphatic heterocycles. The monoisotopic (exact) mass is 480 g/mol. The van der Waals surface area contributed by atoms with Crippen molar-refractivity contribution in [3.63, 3.8) is 0 Å². The van der Waals surface area contributed by atoms with Crippen molar-refractivity contribution in [3.8, 4) is 17.1 Å². The highest BCUT2D eigenvalue weighted by atomic mass is 32.2. The number of hydrogen-bond acceptors (Lipinski definition) is 7. The van der Waals surface area contributed by atoms with Crippen LogP contribution in [0, 0.1) is 5.82 Å². The quantitative estimate of drug-likeness (QED) is 0.242. The van der Waals surface area contributed by atoms with Crippen molar-refractivity contribution in [3.05, 3.63) is 78.1 Å². The van der Waals surface area contributed by atoms with Crippen LogP contribution in [0.1, 0.15) is 34.7 Å². The average molecular weight is 481 g/mol. The summed E-state index contributed by atoms with van der Waals surface area (Å²) in [7, 11) is 1.67. The summed E-state index contributed by atoms with van der Waals surface area (Å²) >= 11 is 0.857. The molecule has 34 heavy (non-hydrogen) atoms. The molecule has 4 aromatic rings. The number of nitrogens with one attached hydrogen (secondary N) is 1. The van der Waals surface area contributed by atoms with Crippen molar-refractivity contribution in [2.24, 2.45) is 7.05 Å². The molecule has 1 fully saturated rings. The molecule has 2 aromatic carbocycles. The third-order valence-electron chi connectivity index (χ3n) is 5.66. The van der Waals surface area contributed by atoms with Crippen molar-refractivity contribution in [2.45, 2.75) is 18.8 Å². The van der Waals surface area contributed by atoms with E-state index in [1.54, 1.807) is 42.2 Å². The van der Waals surface area contributed by atoms with Crippen LogP contribution in [0.15, 0.2) is 61.2 Å². The minimum absolute atomic E-state index is 0.0819. The standard InChI is InChI=1S/C23H21FN6O3S/c1-28-22(25-13-26-28)17-11-19(21(12-18(17)24)29-8-2-3-9-29)27-34-30(33)20-10-15(23(31)32)6-7-16(20)14-4-5-14/h2-3,6-14,27,33H,4-5H2,1H3,(H,31,32). The highest BCUT2D eigenvalue weighted by Crippen LogP contribution is 2.45. The highest BCUT2D eigenvalue weighted by molar-refractivity contribution is 8.01. The molecule has 1 aliphatic carbocycles. The van der Waals surface area contributed by atoms with Gasteiger partial charge in [0.2, 0.25) is 0 Å². The maximum atomic E-state index is 15.1. The zero-order valence-electron chi connectivity index (χ0n) is 18.1. The number of carboxylic acids is 1. The Hall–Kier alpha value is -3.83. The predicted molar refractivity (Wildman–Crippen MR) is 127 cm³/mol. The largest absolute Gasteiger partial charge is 0.478 e. The molecule has 0 atom stereocenters. The Bertz CT molecular complexity index is 1350. The van der Waals surface area contributed by atoms with E-state index in [0.29, 0.717) is 22.9 Å². The number of aryl methyl sites for hydroxylation is 1. The van der Waals surface area contributed by atoms with E-state index in [1.165, 1.54) is 23.1 Å². The van der Waals surface area contributed by atoms with Crippen LogP contribution < -0.4 is 9.19 Å². The van der Waals surface area contributed by atoms with Crippen molar-refractivity contribution in [1.82, 2.24) is 19.3 Å². The summed E-state index contributed by atoms with van der Waals surface area (Å²) in [6.45, 7) is 0. The molecular formula is C23H21FN6O3S. The number of aromatic nitrogens is 4. The van der Waals surface area contributed by atoms with Gasteiger partial charge in [0, 0.05) is 25.5 Å². The maximum absolute atomic E-state index is 15.1. The van der Waals surface area contributed by atoms with Crippen LogP contribution in [-0.4, -0.2) is 35.6 Å². The lowest BCUT2D eigenvalue weighted by Crippen LogP contribution is -2.14. The zero-order valence-corrected chi connectivity index (χ0v) is 18.9. The molecule has 174 valence electrons. The molecule has 0 spiro atoms. The molecule has 2 heterocycles. The summed E-state index contributed by atoms with van der Waals surface area (Å²) in [6.07, 6.45) is 6.89. The summed E-state index contributed by atoms with van der Waals surface area (Å²) in [5.41, 5.74) is 2.65. The van der Waals surface area contributed by atoms with Gasteiger partial charge in [0.05, 0.1) is 40.3 Å². The minimum atomic E-state index is -1.07. The molecule has 0 unspecified atom stereocenters. The van der Waals surface area contributed by atoms with Crippen LogP contribution in [0.4, 0.5) is 15.8 Å². The maximum Gasteiger partial charge on any atom is 0.335 e. The Morgan fingerprint density at radius 1 is 1.24 bits per heavy atom. The lowest BCUT2D eigenvalue weighted by molar-refractivity contribution is 0.0697. The third-order valence-corrected chi connectivity index (χ3v) is 6.34. The van der Waals surface area contributed by atoms with Gasteiger partial charge in [0.15, 0.2) is 5.82 Å². The van der Waals surface area contributed by atoms with Crippen LogP contribution >= 0.6 is 12.1 Å². The number of nitrogens with zero attached hydrogens (tertiary/aromatic N) is 5. The van der Waals surface area contributed by atoms with E-state index >= 15 is 4.39 Å². The van der Waals surface area contributed by atoms with E-state index in [0.717, 1.165) is 35.0 Å². The van der Waals surface area contributed by atoms with Gasteiger partial charge in [-0.1, -0.05) is 6.07 Å². The molecule has 0 radical (unpaired) electrons. The first-order chi connectivity index (χ1) is 16.4. The number of aromatic carboxylic acids is 1. The Balaban J connectivity index is 1.49. The molecule has 1 aliphatic rings. The molecule has 9 nitrogen and oxygen atoms in total. The normalized spacial score (nSPS) is 13.1. The Labute approximate surface area is 198 Å². The van der Waals surface area contributed by atoms with Gasteiger partial charge in [-0.2, -0.15) is 9.57 Å². The smallest absolute Gasteiger partial charge is 0.335 e. The molecule has 0 amide bonds. The first-order valence-corrected chi connectivity index (χ1v) is 11.3. The highest BCUT2D eigenvalue weighted by Gasteiger charge is 2.29. The molecular weight excluding hydrogens is 459 g/mol. The van der Waals surface area contributed by atoms with Crippen LogP contribution in [0.25, 0.3) is 17.1 Å². The fourth-order valence-corrected chi connectivity index (χ4v) is 4.39. The first-order valence-electron chi connectivity index (χ1n) is 10.5. The number of carbonyl (C=O) groups is 1. The summed E-state index contributed by atoms with van der Waals surface area (Å²) in [5.74, 6) is -0.898. The van der Waals surface area contributed by atoms with Gasteiger partial charge in [-0.05, 0) is 54.7 Å². The third kappa shape index (κ3) is 4.22. The molecule has 3 N–H and O–H groups in total. The molecule has 11 heteroatoms. The van der Waals surface area contributed by atoms with Crippen LogP contribution in [0.3, 0.4) is 0 Å². The number of hydrogen-bond donors (Lipinski definition) is 3. The van der Waals surface area contributed by atoms with Crippen molar-refractivity contribution in [2.75, 3.05) is 9.19 Å². The molecule has 0 bridgehead atoms. The Morgan fingerprint density at radius 3 is 2.65 bits per heavy atom. The SMILES string of the molecule is Cn1ncnc1-c1cc(NSN(O)c2cc(C(=O)O)ccc2C2CC2)c(-n2cccc2)cc1F. The summed E-state index contributed by atoms with van der Waals surface area (Å²) in [4.78, 5) is 15.6. The zero-order chi connectivity index (χ0) is 23.8. The van der Waals surface area contributed by atoms with Crippen LogP contribution in [-0.2, 0) is 7.05 Å². The van der Waals surface area contributed by atoms with Gasteiger partial charge in [0.1, 0.15) is 12.1 Å². The van der Waals surface area contributed by atoms with Gasteiger partial charge >= 0.3 is 5.97 Å². The molecule has 5 rings (SSSR count). The molecule has 1 saturated carbocycles. The van der Waals surface area contributed by atoms with Crippen molar-refractivity contribution in [1.29, 1.82) is 0 Å². The Morgan fingerprint density at radius 2 is 2.00 bits per heavy atom. The van der Waals surface area contributed by atoms with Crippen LogP contribution in [0.5, 0.6) is 0 Å². The van der Waals surface area contributed by atoms with E-state index in [4.69, 9.17) is 0 Å². The van der Waals surface area contributed by atoms with E-state index < -0.39 is 11.8 Å². The van der Waals surface area contributed by atoms with E-state index in [-0.39, 0.29) is 17.0 Å². The fraction of sp³-hybridized carbons (Fsp3) is 0.174. The summed E-state index contributed by atoms with van der Waals surface area (Å²) < 4.78 is 22.3. The number of rotatable bonds is 8. The van der Waals surface area contributed by atoms with E-state index in [2.05, 4.69) is 14.8 Å². The topological polar surface area (TPSA) is 108 Å². The van der Waals surface area contributed by atoms with Gasteiger partial charge in [-0.3, -0.25) is 5.21 Å². The van der Waals surface area contributed by atoms with E-state index in [1.807, 2.05) is 12.1 Å². The minimum Gasteiger partial charge on any atom is -0.478 e. The second-order valence-corrected chi connectivity index (χ2v) is 8.70. The Kier molecular flexibility index (Phi) is 5.72. The lowest BCUT2D eigenvalue weighted by Gasteiger charge is -2.21. The second-order valence-electron chi connectivity index (χ2n) is 7.97. The lowest BCUT2D eigenvalue weighted by atomic mass is 10.1. The number of carboxylic acid groups (broad SMARTS) is 1. The average Bonchev–Trinajstić information content (AvgIpc) is 3.35. The fourth-order valence-electron chi connectivity index (χ4n) is 3.79. The van der Waals surface area contributed by atoms with Crippen molar-refractivity contribution >= 4 is 29.5 Å². The predicted octanol–water partition coefficient (Wildman–Crippen LogP) is 4.86. The second kappa shape index (κ2) is 8.84. The number of anilines is 2. The van der Waals surface area contributed by atoms with Crippen LogP contribution in [0.2, 0.25) is 0 Å². The van der Waals surface area contributed by atoms with Gasteiger partial charge < -0.3 is 14.4 Å². The number of benzene rings is 2.